The summed E-state index contributed by atoms with van der Waals surface area (Å²) in [7, 11) is 0. The highest BCUT2D eigenvalue weighted by Crippen LogP contribution is 2.29. The molecule has 0 aliphatic rings. The highest BCUT2D eigenvalue weighted by molar-refractivity contribution is 7.17. The molecule has 0 atom stereocenters. The highest BCUT2D eigenvalue weighted by atomic mass is 32.1. The molecule has 0 aliphatic heterocycles. The molecule has 1 aromatic heterocycles. The summed E-state index contributed by atoms with van der Waals surface area (Å²) in [6.45, 7) is 10.8. The van der Waals surface area contributed by atoms with E-state index in [9.17, 15) is 9.18 Å². The van der Waals surface area contributed by atoms with E-state index >= 15 is 0 Å². The van der Waals surface area contributed by atoms with E-state index in [2.05, 4.69) is 18.8 Å². The van der Waals surface area contributed by atoms with Crippen LogP contribution in [-0.2, 0) is 0 Å². The number of halogens is 1. The van der Waals surface area contributed by atoms with Crippen molar-refractivity contribution in [3.05, 3.63) is 40.7 Å². The average Bonchev–Trinajstić information content (AvgIpc) is 2.86. The summed E-state index contributed by atoms with van der Waals surface area (Å²) in [5.74, 6) is 0.157. The van der Waals surface area contributed by atoms with Gasteiger partial charge in [0.25, 0.3) is 5.91 Å². The molecule has 1 amide bonds. The van der Waals surface area contributed by atoms with E-state index in [0.717, 1.165) is 22.8 Å². The number of nitrogens with zero attached hydrogens (tertiary/aromatic N) is 2. The quantitative estimate of drug-likeness (QED) is 0.789. The summed E-state index contributed by atoms with van der Waals surface area (Å²) in [5, 5.41) is 0.749. The van der Waals surface area contributed by atoms with Crippen LogP contribution in [0, 0.1) is 18.7 Å². The van der Waals surface area contributed by atoms with Gasteiger partial charge in [0.1, 0.15) is 15.7 Å². The largest absolute Gasteiger partial charge is 0.335 e. The second-order valence-electron chi connectivity index (χ2n) is 6.39. The Balaban J connectivity index is 2.32. The molecule has 3 nitrogen and oxygen atoms in total. The predicted octanol–water partition coefficient (Wildman–Crippen LogP) is 4.76. The normalized spacial score (nSPS) is 11.3. The van der Waals surface area contributed by atoms with Crippen LogP contribution in [0.3, 0.4) is 0 Å². The maximum Gasteiger partial charge on any atom is 0.266 e. The fraction of sp³-hybridized carbons (Fsp3) is 0.444. The summed E-state index contributed by atoms with van der Waals surface area (Å²) in [5.41, 5.74) is 1.56. The minimum absolute atomic E-state index is 0.0251. The van der Waals surface area contributed by atoms with Gasteiger partial charge in [-0.05, 0) is 51.0 Å². The Kier molecular flexibility index (Phi) is 5.52. The van der Waals surface area contributed by atoms with Crippen molar-refractivity contribution in [2.45, 2.75) is 40.7 Å². The molecule has 1 heterocycles. The third kappa shape index (κ3) is 4.16. The summed E-state index contributed by atoms with van der Waals surface area (Å²) in [6.07, 6.45) is 0. The lowest BCUT2D eigenvalue weighted by atomic mass is 10.1. The zero-order valence-corrected chi connectivity index (χ0v) is 15.1. The molecule has 0 spiro atoms. The number of carbonyl (C=O) groups excluding carboxylic acids is 1. The van der Waals surface area contributed by atoms with Gasteiger partial charge in [0.2, 0.25) is 0 Å². The van der Waals surface area contributed by atoms with E-state index < -0.39 is 0 Å². The lowest BCUT2D eigenvalue weighted by Crippen LogP contribution is -2.39. The number of carbonyl (C=O) groups is 1. The third-order valence-electron chi connectivity index (χ3n) is 3.53. The molecule has 5 heteroatoms. The molecule has 0 fully saturated rings. The van der Waals surface area contributed by atoms with Gasteiger partial charge in [-0.1, -0.05) is 13.8 Å². The van der Waals surface area contributed by atoms with Crippen LogP contribution in [0.2, 0.25) is 0 Å². The number of aromatic nitrogens is 1. The Hall–Kier alpha value is -1.75. The highest BCUT2D eigenvalue weighted by Gasteiger charge is 2.24. The minimum Gasteiger partial charge on any atom is -0.335 e. The van der Waals surface area contributed by atoms with Crippen molar-refractivity contribution < 1.29 is 9.18 Å². The topological polar surface area (TPSA) is 33.2 Å². The molecule has 2 rings (SSSR count). The Bertz CT molecular complexity index is 677. The maximum absolute atomic E-state index is 13.1. The summed E-state index contributed by atoms with van der Waals surface area (Å²) >= 11 is 1.37. The van der Waals surface area contributed by atoms with Gasteiger partial charge >= 0.3 is 0 Å². The molecule has 0 bridgehead atoms. The fourth-order valence-corrected chi connectivity index (χ4v) is 3.39. The van der Waals surface area contributed by atoms with Crippen LogP contribution in [0.15, 0.2) is 24.3 Å². The van der Waals surface area contributed by atoms with Crippen molar-refractivity contribution in [2.24, 2.45) is 5.92 Å². The van der Waals surface area contributed by atoms with E-state index in [4.69, 9.17) is 0 Å². The van der Waals surface area contributed by atoms with Crippen LogP contribution >= 0.6 is 11.3 Å². The van der Waals surface area contributed by atoms with Gasteiger partial charge in [0.05, 0.1) is 5.69 Å². The van der Waals surface area contributed by atoms with Gasteiger partial charge in [0, 0.05) is 18.2 Å². The predicted molar refractivity (Wildman–Crippen MR) is 93.3 cm³/mol. The maximum atomic E-state index is 13.1. The lowest BCUT2D eigenvalue weighted by molar-refractivity contribution is 0.0686. The first kappa shape index (κ1) is 17.6. The number of benzene rings is 1. The summed E-state index contributed by atoms with van der Waals surface area (Å²) < 4.78 is 13.1. The Morgan fingerprint density at radius 2 is 1.83 bits per heavy atom. The van der Waals surface area contributed by atoms with Crippen molar-refractivity contribution in [1.29, 1.82) is 0 Å². The average molecular weight is 334 g/mol. The van der Waals surface area contributed by atoms with Crippen LogP contribution in [0.4, 0.5) is 4.39 Å². The van der Waals surface area contributed by atoms with E-state index in [1.54, 1.807) is 12.1 Å². The number of rotatable bonds is 5. The fourth-order valence-electron chi connectivity index (χ4n) is 2.36. The minimum atomic E-state index is -0.277. The molecule has 0 aliphatic carbocycles. The standard InChI is InChI=1S/C18H23FN2OS/c1-11(2)10-21(12(3)4)18(22)16-13(5)20-17(23-16)14-6-8-15(19)9-7-14/h6-9,11-12H,10H2,1-5H3. The molecule has 124 valence electrons. The zero-order chi connectivity index (χ0) is 17.1. The van der Waals surface area contributed by atoms with Crippen LogP contribution in [0.25, 0.3) is 10.6 Å². The Morgan fingerprint density at radius 1 is 1.22 bits per heavy atom. The first-order valence-electron chi connectivity index (χ1n) is 7.84. The molecule has 0 saturated heterocycles. The Labute approximate surface area is 141 Å². The van der Waals surface area contributed by atoms with Crippen LogP contribution in [0.5, 0.6) is 0 Å². The van der Waals surface area contributed by atoms with Gasteiger partial charge in [-0.15, -0.1) is 11.3 Å². The van der Waals surface area contributed by atoms with E-state index in [-0.39, 0.29) is 17.8 Å². The van der Waals surface area contributed by atoms with Crippen molar-refractivity contribution in [1.82, 2.24) is 9.88 Å². The zero-order valence-electron chi connectivity index (χ0n) is 14.3. The van der Waals surface area contributed by atoms with Crippen molar-refractivity contribution in [3.63, 3.8) is 0 Å². The van der Waals surface area contributed by atoms with Crippen molar-refractivity contribution in [2.75, 3.05) is 6.54 Å². The van der Waals surface area contributed by atoms with Gasteiger partial charge < -0.3 is 4.90 Å². The SMILES string of the molecule is Cc1nc(-c2ccc(F)cc2)sc1C(=O)N(CC(C)C)C(C)C. The van der Waals surface area contributed by atoms with Gasteiger partial charge in [0.15, 0.2) is 0 Å². The summed E-state index contributed by atoms with van der Waals surface area (Å²) in [6, 6.07) is 6.34. The second-order valence-corrected chi connectivity index (χ2v) is 7.38. The third-order valence-corrected chi connectivity index (χ3v) is 4.72. The van der Waals surface area contributed by atoms with Gasteiger partial charge in [-0.25, -0.2) is 9.37 Å². The lowest BCUT2D eigenvalue weighted by Gasteiger charge is -2.28. The molecular weight excluding hydrogens is 311 g/mol. The van der Waals surface area contributed by atoms with E-state index in [1.807, 2.05) is 25.7 Å². The van der Waals surface area contributed by atoms with Crippen LogP contribution < -0.4 is 0 Å². The Morgan fingerprint density at radius 3 is 2.35 bits per heavy atom. The molecule has 0 saturated carbocycles. The van der Waals surface area contributed by atoms with Crippen LogP contribution in [0.1, 0.15) is 43.1 Å². The second kappa shape index (κ2) is 7.21. The van der Waals surface area contributed by atoms with Gasteiger partial charge in [-0.2, -0.15) is 0 Å². The number of thiazole rings is 1. The molecule has 0 unspecified atom stereocenters. The van der Waals surface area contributed by atoms with Crippen LogP contribution in [-0.4, -0.2) is 28.4 Å². The molecule has 0 N–H and O–H groups in total. The molecule has 1 aromatic carbocycles. The first-order valence-corrected chi connectivity index (χ1v) is 8.65. The number of hydrogen-bond donors (Lipinski definition) is 0. The molecule has 23 heavy (non-hydrogen) atoms. The van der Waals surface area contributed by atoms with E-state index in [1.165, 1.54) is 23.5 Å². The van der Waals surface area contributed by atoms with Gasteiger partial charge in [-0.3, -0.25) is 4.79 Å². The summed E-state index contributed by atoms with van der Waals surface area (Å²) in [4.78, 5) is 19.9. The van der Waals surface area contributed by atoms with Crippen molar-refractivity contribution >= 4 is 17.2 Å². The number of amides is 1. The molecule has 0 radical (unpaired) electrons. The number of hydrogen-bond acceptors (Lipinski definition) is 3. The first-order chi connectivity index (χ1) is 10.8. The smallest absolute Gasteiger partial charge is 0.266 e. The molecular formula is C18H23FN2OS. The molecule has 2 aromatic rings. The number of aryl methyl sites for hydroxylation is 1. The van der Waals surface area contributed by atoms with Crippen molar-refractivity contribution in [3.8, 4) is 10.6 Å². The van der Waals surface area contributed by atoms with E-state index in [0.29, 0.717) is 10.8 Å². The monoisotopic (exact) mass is 334 g/mol.